The van der Waals surface area contributed by atoms with Gasteiger partial charge in [0.25, 0.3) is 10.0 Å². The number of fused-ring (bicyclic) bond motifs is 2. The molecular weight excluding hydrogens is 444 g/mol. The summed E-state index contributed by atoms with van der Waals surface area (Å²) in [4.78, 5) is 27.9. The molecule has 3 aromatic rings. The zero-order valence-corrected chi connectivity index (χ0v) is 18.2. The van der Waals surface area contributed by atoms with Crippen molar-refractivity contribution in [3.63, 3.8) is 0 Å². The van der Waals surface area contributed by atoms with Crippen LogP contribution in [0, 0.1) is 0 Å². The lowest BCUT2D eigenvalue weighted by molar-refractivity contribution is 0.0976. The number of carbonyl (C=O) groups excluding carboxylic acids is 2. The van der Waals surface area contributed by atoms with E-state index in [1.807, 2.05) is 4.90 Å². The van der Waals surface area contributed by atoms with E-state index in [2.05, 4.69) is 4.72 Å². The van der Waals surface area contributed by atoms with Crippen molar-refractivity contribution in [3.8, 4) is 11.5 Å². The standard InChI is InChI=1S/C24H20N2O6S/c27-21-14-7-1-2-8-15(14)22(28)20-16(21)13-17(23(29)24(20)30)25-33(31,32)19-10-4-3-9-18(19)26-11-5-6-12-26/h1-4,7-10,13,25,29-30H,5-6,11-12H2. The molecule has 8 nitrogen and oxygen atoms in total. The molecule has 1 heterocycles. The number of nitrogens with zero attached hydrogens (tertiary/aromatic N) is 1. The summed E-state index contributed by atoms with van der Waals surface area (Å²) in [6.07, 6.45) is 1.91. The molecule has 0 saturated carbocycles. The number of phenolic OH excluding ortho intramolecular Hbond substituents is 2. The van der Waals surface area contributed by atoms with Crippen LogP contribution < -0.4 is 9.62 Å². The van der Waals surface area contributed by atoms with Crippen molar-refractivity contribution in [1.82, 2.24) is 0 Å². The number of anilines is 2. The normalized spacial score (nSPS) is 15.3. The monoisotopic (exact) mass is 464 g/mol. The Morgan fingerprint density at radius 3 is 2.09 bits per heavy atom. The van der Waals surface area contributed by atoms with Crippen LogP contribution >= 0.6 is 0 Å². The van der Waals surface area contributed by atoms with Crippen molar-refractivity contribution < 1.29 is 28.2 Å². The fourth-order valence-electron chi connectivity index (χ4n) is 4.41. The predicted molar refractivity (Wildman–Crippen MR) is 122 cm³/mol. The highest BCUT2D eigenvalue weighted by atomic mass is 32.2. The molecule has 1 aliphatic heterocycles. The summed E-state index contributed by atoms with van der Waals surface area (Å²) in [5, 5.41) is 21.1. The summed E-state index contributed by atoms with van der Waals surface area (Å²) in [6, 6.07) is 13.7. The fraction of sp³-hybridized carbons (Fsp3) is 0.167. The van der Waals surface area contributed by atoms with E-state index in [-0.39, 0.29) is 32.8 Å². The van der Waals surface area contributed by atoms with Crippen LogP contribution in [0.4, 0.5) is 11.4 Å². The first kappa shape index (κ1) is 21.0. The second kappa shape index (κ2) is 7.63. The number of hydrogen-bond acceptors (Lipinski definition) is 7. The van der Waals surface area contributed by atoms with Crippen LogP contribution in [-0.4, -0.2) is 43.3 Å². The molecular formula is C24H20N2O6S. The van der Waals surface area contributed by atoms with Crippen molar-refractivity contribution >= 4 is 33.0 Å². The SMILES string of the molecule is O=C1c2ccccc2C(=O)c2c1cc(NS(=O)(=O)c1ccccc1N1CCCC1)c(O)c2O. The molecule has 1 saturated heterocycles. The number of para-hydroxylation sites is 1. The van der Waals surface area contributed by atoms with E-state index < -0.39 is 33.1 Å². The van der Waals surface area contributed by atoms with E-state index in [0.717, 1.165) is 32.0 Å². The van der Waals surface area contributed by atoms with Gasteiger partial charge in [-0.3, -0.25) is 14.3 Å². The molecule has 3 N–H and O–H groups in total. The number of sulfonamides is 1. The van der Waals surface area contributed by atoms with Crippen molar-refractivity contribution in [2.45, 2.75) is 17.7 Å². The molecule has 2 aliphatic rings. The van der Waals surface area contributed by atoms with E-state index in [1.165, 1.54) is 18.2 Å². The Morgan fingerprint density at radius 1 is 0.788 bits per heavy atom. The molecule has 168 valence electrons. The summed E-state index contributed by atoms with van der Waals surface area (Å²) >= 11 is 0. The molecule has 33 heavy (non-hydrogen) atoms. The highest BCUT2D eigenvalue weighted by Gasteiger charge is 2.35. The molecule has 0 bridgehead atoms. The van der Waals surface area contributed by atoms with Gasteiger partial charge in [0.15, 0.2) is 23.1 Å². The van der Waals surface area contributed by atoms with Gasteiger partial charge >= 0.3 is 0 Å². The number of nitrogens with one attached hydrogen (secondary N) is 1. The largest absolute Gasteiger partial charge is 0.504 e. The van der Waals surface area contributed by atoms with E-state index in [4.69, 9.17) is 0 Å². The first-order chi connectivity index (χ1) is 15.8. The van der Waals surface area contributed by atoms with Gasteiger partial charge in [-0.15, -0.1) is 0 Å². The molecule has 9 heteroatoms. The molecule has 0 aromatic heterocycles. The zero-order chi connectivity index (χ0) is 23.3. The smallest absolute Gasteiger partial charge is 0.264 e. The molecule has 0 amide bonds. The lowest BCUT2D eigenvalue weighted by atomic mass is 9.83. The second-order valence-corrected chi connectivity index (χ2v) is 9.67. The molecule has 3 aromatic carbocycles. The Labute approximate surface area is 190 Å². The number of hydrogen-bond donors (Lipinski definition) is 3. The Morgan fingerprint density at radius 2 is 1.39 bits per heavy atom. The minimum absolute atomic E-state index is 0.0104. The summed E-state index contributed by atoms with van der Waals surface area (Å²) in [5.74, 6) is -2.84. The summed E-state index contributed by atoms with van der Waals surface area (Å²) in [7, 11) is -4.20. The van der Waals surface area contributed by atoms with Gasteiger partial charge in [0.1, 0.15) is 4.90 Å². The molecule has 0 atom stereocenters. The van der Waals surface area contributed by atoms with Gasteiger partial charge in [-0.05, 0) is 31.0 Å². The van der Waals surface area contributed by atoms with Crippen LogP contribution in [0.1, 0.15) is 44.7 Å². The summed E-state index contributed by atoms with van der Waals surface area (Å²) in [6.45, 7) is 1.46. The van der Waals surface area contributed by atoms with Gasteiger partial charge in [0, 0.05) is 29.8 Å². The molecule has 0 unspecified atom stereocenters. The van der Waals surface area contributed by atoms with Crippen LogP contribution in [0.25, 0.3) is 0 Å². The van der Waals surface area contributed by atoms with Crippen LogP contribution in [0.5, 0.6) is 11.5 Å². The Kier molecular flexibility index (Phi) is 4.86. The van der Waals surface area contributed by atoms with E-state index in [1.54, 1.807) is 30.3 Å². The van der Waals surface area contributed by atoms with Crippen LogP contribution in [0.15, 0.2) is 59.5 Å². The number of phenols is 2. The summed E-state index contributed by atoms with van der Waals surface area (Å²) < 4.78 is 28.8. The van der Waals surface area contributed by atoms with Gasteiger partial charge < -0.3 is 15.1 Å². The van der Waals surface area contributed by atoms with E-state index in [0.29, 0.717) is 5.69 Å². The maximum absolute atomic E-state index is 13.3. The Hall–Kier alpha value is -3.85. The van der Waals surface area contributed by atoms with Gasteiger partial charge in [-0.25, -0.2) is 8.42 Å². The highest BCUT2D eigenvalue weighted by Crippen LogP contribution is 2.44. The Balaban J connectivity index is 1.59. The number of benzene rings is 3. The highest BCUT2D eigenvalue weighted by molar-refractivity contribution is 7.92. The third-order valence-electron chi connectivity index (χ3n) is 6.01. The van der Waals surface area contributed by atoms with Gasteiger partial charge in [-0.1, -0.05) is 36.4 Å². The summed E-state index contributed by atoms with van der Waals surface area (Å²) in [5.41, 5.74) is -0.130. The van der Waals surface area contributed by atoms with Gasteiger partial charge in [0.05, 0.1) is 16.9 Å². The number of carbonyl (C=O) groups is 2. The molecule has 1 aliphatic carbocycles. The van der Waals surface area contributed by atoms with Crippen LogP contribution in [0.3, 0.4) is 0 Å². The van der Waals surface area contributed by atoms with E-state index >= 15 is 0 Å². The molecule has 0 spiro atoms. The molecule has 1 fully saturated rings. The third kappa shape index (κ3) is 3.32. The van der Waals surface area contributed by atoms with Crippen molar-refractivity contribution in [3.05, 3.63) is 76.9 Å². The van der Waals surface area contributed by atoms with Gasteiger partial charge in [-0.2, -0.15) is 0 Å². The second-order valence-electron chi connectivity index (χ2n) is 8.02. The first-order valence-corrected chi connectivity index (χ1v) is 11.9. The number of ketones is 2. The lowest BCUT2D eigenvalue weighted by Gasteiger charge is -2.23. The first-order valence-electron chi connectivity index (χ1n) is 10.4. The fourth-order valence-corrected chi connectivity index (χ4v) is 5.69. The van der Waals surface area contributed by atoms with Crippen molar-refractivity contribution in [2.75, 3.05) is 22.7 Å². The minimum Gasteiger partial charge on any atom is -0.504 e. The average Bonchev–Trinajstić information content (AvgIpc) is 3.35. The number of rotatable bonds is 4. The quantitative estimate of drug-likeness (QED) is 0.396. The third-order valence-corrected chi connectivity index (χ3v) is 7.42. The predicted octanol–water partition coefficient (Wildman–Crippen LogP) is 3.27. The van der Waals surface area contributed by atoms with Crippen molar-refractivity contribution in [1.29, 1.82) is 0 Å². The van der Waals surface area contributed by atoms with E-state index in [9.17, 15) is 28.2 Å². The van der Waals surface area contributed by atoms with Crippen LogP contribution in [-0.2, 0) is 10.0 Å². The van der Waals surface area contributed by atoms with Gasteiger partial charge in [0.2, 0.25) is 0 Å². The zero-order valence-electron chi connectivity index (χ0n) is 17.4. The molecule has 5 rings (SSSR count). The topological polar surface area (TPSA) is 124 Å². The number of aromatic hydroxyl groups is 2. The lowest BCUT2D eigenvalue weighted by Crippen LogP contribution is -2.24. The van der Waals surface area contributed by atoms with Crippen molar-refractivity contribution in [2.24, 2.45) is 0 Å². The average molecular weight is 464 g/mol. The maximum atomic E-state index is 13.3. The molecule has 0 radical (unpaired) electrons. The van der Waals surface area contributed by atoms with Crippen LogP contribution in [0.2, 0.25) is 0 Å². The maximum Gasteiger partial charge on any atom is 0.264 e. The minimum atomic E-state index is -4.20. The Bertz CT molecular complexity index is 1420.